The number of aryl methyl sites for hydroxylation is 1. The maximum absolute atomic E-state index is 6.12. The van der Waals surface area contributed by atoms with Crippen LogP contribution in [0.2, 0.25) is 0 Å². The molecule has 0 N–H and O–H groups in total. The van der Waals surface area contributed by atoms with E-state index >= 15 is 0 Å². The number of imidazole rings is 1. The van der Waals surface area contributed by atoms with Crippen LogP contribution in [-0.2, 0) is 0 Å². The zero-order valence-corrected chi connectivity index (χ0v) is 14.7. The van der Waals surface area contributed by atoms with Gasteiger partial charge >= 0.3 is 0 Å². The molecule has 5 heteroatoms. The van der Waals surface area contributed by atoms with E-state index in [9.17, 15) is 0 Å². The lowest BCUT2D eigenvalue weighted by Gasteiger charge is -2.29. The van der Waals surface area contributed by atoms with Crippen molar-refractivity contribution in [2.45, 2.75) is 25.9 Å². The lowest BCUT2D eigenvalue weighted by molar-refractivity contribution is 0.114. The third-order valence-electron chi connectivity index (χ3n) is 4.68. The van der Waals surface area contributed by atoms with Gasteiger partial charge in [-0.2, -0.15) is 0 Å². The molecule has 3 aromatic rings. The van der Waals surface area contributed by atoms with Gasteiger partial charge in [0.25, 0.3) is 0 Å². The van der Waals surface area contributed by atoms with Crippen molar-refractivity contribution in [2.75, 3.05) is 20.1 Å². The number of aromatic nitrogens is 2. The van der Waals surface area contributed by atoms with Crippen molar-refractivity contribution in [1.29, 1.82) is 0 Å². The van der Waals surface area contributed by atoms with E-state index in [0.29, 0.717) is 6.10 Å². The van der Waals surface area contributed by atoms with Crippen LogP contribution in [0.1, 0.15) is 18.6 Å². The van der Waals surface area contributed by atoms with Crippen LogP contribution in [0.15, 0.2) is 53.2 Å². The number of piperidine rings is 1. The Balaban J connectivity index is 1.50. The lowest BCUT2D eigenvalue weighted by atomic mass is 10.1. The minimum atomic E-state index is 0.317. The van der Waals surface area contributed by atoms with Crippen molar-refractivity contribution in [3.63, 3.8) is 0 Å². The highest BCUT2D eigenvalue weighted by atomic mass is 16.5. The Kier molecular flexibility index (Phi) is 4.32. The summed E-state index contributed by atoms with van der Waals surface area (Å²) in [5.74, 6) is 3.38. The summed E-state index contributed by atoms with van der Waals surface area (Å²) in [5.41, 5.74) is 1.04. The van der Waals surface area contributed by atoms with Gasteiger partial charge in [-0.1, -0.05) is 0 Å². The second kappa shape index (κ2) is 6.76. The topological polar surface area (TPSA) is 43.4 Å². The number of hydrogen-bond acceptors (Lipinski definition) is 4. The second-order valence-corrected chi connectivity index (χ2v) is 6.65. The average molecular weight is 337 g/mol. The molecule has 0 atom stereocenters. The van der Waals surface area contributed by atoms with Gasteiger partial charge in [0.1, 0.15) is 17.6 Å². The maximum atomic E-state index is 6.12. The molecular weight excluding hydrogens is 314 g/mol. The summed E-state index contributed by atoms with van der Waals surface area (Å²) in [6.45, 7) is 4.14. The largest absolute Gasteiger partial charge is 0.490 e. The summed E-state index contributed by atoms with van der Waals surface area (Å²) in [6, 6.07) is 12.1. The van der Waals surface area contributed by atoms with E-state index in [1.165, 1.54) is 0 Å². The fraction of sp³-hybridized carbons (Fsp3) is 0.350. The summed E-state index contributed by atoms with van der Waals surface area (Å²) in [4.78, 5) is 6.78. The van der Waals surface area contributed by atoms with Gasteiger partial charge in [-0.3, -0.25) is 4.57 Å². The minimum Gasteiger partial charge on any atom is -0.490 e. The van der Waals surface area contributed by atoms with Crippen LogP contribution in [0, 0.1) is 6.92 Å². The van der Waals surface area contributed by atoms with Gasteiger partial charge in [0.2, 0.25) is 0 Å². The maximum Gasteiger partial charge on any atom is 0.180 e. The van der Waals surface area contributed by atoms with Crippen molar-refractivity contribution < 1.29 is 9.15 Å². The molecule has 0 spiro atoms. The molecule has 5 nitrogen and oxygen atoms in total. The Morgan fingerprint density at radius 1 is 1.08 bits per heavy atom. The molecule has 1 aromatic carbocycles. The zero-order valence-electron chi connectivity index (χ0n) is 14.7. The number of hydrogen-bond donors (Lipinski definition) is 0. The molecular formula is C20H23N3O2. The Hall–Kier alpha value is -2.53. The highest BCUT2D eigenvalue weighted by Gasteiger charge is 2.18. The van der Waals surface area contributed by atoms with E-state index in [1.54, 1.807) is 6.20 Å². The number of nitrogens with zero attached hydrogens (tertiary/aromatic N) is 3. The van der Waals surface area contributed by atoms with Crippen LogP contribution >= 0.6 is 0 Å². The summed E-state index contributed by atoms with van der Waals surface area (Å²) in [5, 5.41) is 0. The fourth-order valence-electron chi connectivity index (χ4n) is 3.23. The molecule has 0 radical (unpaired) electrons. The predicted molar refractivity (Wildman–Crippen MR) is 97.2 cm³/mol. The summed E-state index contributed by atoms with van der Waals surface area (Å²) >= 11 is 0. The molecule has 0 amide bonds. The molecule has 0 saturated carbocycles. The SMILES string of the molecule is Cc1ccc(-c2nccn2-c2ccc(OC3CCN(C)CC3)cc2)o1. The van der Waals surface area contributed by atoms with Crippen molar-refractivity contribution in [3.05, 3.63) is 54.6 Å². The average Bonchev–Trinajstić information content (AvgIpc) is 3.26. The molecule has 3 heterocycles. The molecule has 2 aromatic heterocycles. The molecule has 1 aliphatic heterocycles. The molecule has 1 fully saturated rings. The van der Waals surface area contributed by atoms with Crippen LogP contribution in [0.25, 0.3) is 17.3 Å². The van der Waals surface area contributed by atoms with Crippen LogP contribution < -0.4 is 4.74 Å². The van der Waals surface area contributed by atoms with Gasteiger partial charge < -0.3 is 14.1 Å². The van der Waals surface area contributed by atoms with Crippen LogP contribution in [0.3, 0.4) is 0 Å². The van der Waals surface area contributed by atoms with Crippen molar-refractivity contribution in [3.8, 4) is 23.0 Å². The van der Waals surface area contributed by atoms with E-state index < -0.39 is 0 Å². The summed E-state index contributed by atoms with van der Waals surface area (Å²) in [7, 11) is 2.16. The molecule has 25 heavy (non-hydrogen) atoms. The Labute approximate surface area is 147 Å². The minimum absolute atomic E-state index is 0.317. The summed E-state index contributed by atoms with van der Waals surface area (Å²) in [6.07, 6.45) is 6.22. The van der Waals surface area contributed by atoms with Gasteiger partial charge in [-0.25, -0.2) is 4.98 Å². The van der Waals surface area contributed by atoms with Crippen molar-refractivity contribution >= 4 is 0 Å². The molecule has 130 valence electrons. The first-order chi connectivity index (χ1) is 12.2. The first-order valence-corrected chi connectivity index (χ1v) is 8.75. The smallest absolute Gasteiger partial charge is 0.180 e. The van der Waals surface area contributed by atoms with Gasteiger partial charge in [0, 0.05) is 31.2 Å². The van der Waals surface area contributed by atoms with E-state index in [4.69, 9.17) is 9.15 Å². The number of rotatable bonds is 4. The molecule has 0 aliphatic carbocycles. The highest BCUT2D eigenvalue weighted by Crippen LogP contribution is 2.25. The highest BCUT2D eigenvalue weighted by molar-refractivity contribution is 5.53. The number of benzene rings is 1. The predicted octanol–water partition coefficient (Wildman–Crippen LogP) is 3.91. The third kappa shape index (κ3) is 3.46. The van der Waals surface area contributed by atoms with E-state index in [0.717, 1.165) is 54.7 Å². The standard InChI is InChI=1S/C20H23N3O2/c1-15-3-8-19(24-15)20-21-11-14-23(20)16-4-6-17(7-5-16)25-18-9-12-22(2)13-10-18/h3-8,11,14,18H,9-10,12-13H2,1-2H3. The van der Waals surface area contributed by atoms with Crippen LogP contribution in [-0.4, -0.2) is 40.7 Å². The van der Waals surface area contributed by atoms with Crippen LogP contribution in [0.4, 0.5) is 0 Å². The zero-order chi connectivity index (χ0) is 17.2. The van der Waals surface area contributed by atoms with Crippen molar-refractivity contribution in [1.82, 2.24) is 14.5 Å². The quantitative estimate of drug-likeness (QED) is 0.724. The molecule has 0 unspecified atom stereocenters. The fourth-order valence-corrected chi connectivity index (χ4v) is 3.23. The van der Waals surface area contributed by atoms with Gasteiger partial charge in [-0.05, 0) is 63.2 Å². The Bertz CT molecular complexity index is 827. The Morgan fingerprint density at radius 3 is 2.52 bits per heavy atom. The van der Waals surface area contributed by atoms with E-state index in [2.05, 4.69) is 29.1 Å². The van der Waals surface area contributed by atoms with E-state index in [-0.39, 0.29) is 0 Å². The first kappa shape index (κ1) is 16.0. The monoisotopic (exact) mass is 337 g/mol. The third-order valence-corrected chi connectivity index (χ3v) is 4.68. The van der Waals surface area contributed by atoms with Gasteiger partial charge in [0.05, 0.1) is 0 Å². The lowest BCUT2D eigenvalue weighted by Crippen LogP contribution is -2.35. The molecule has 0 bridgehead atoms. The van der Waals surface area contributed by atoms with E-state index in [1.807, 2.05) is 42.0 Å². The number of ether oxygens (including phenoxy) is 1. The number of furan rings is 1. The second-order valence-electron chi connectivity index (χ2n) is 6.65. The molecule has 1 saturated heterocycles. The van der Waals surface area contributed by atoms with Crippen molar-refractivity contribution in [2.24, 2.45) is 0 Å². The van der Waals surface area contributed by atoms with Gasteiger partial charge in [-0.15, -0.1) is 0 Å². The van der Waals surface area contributed by atoms with Gasteiger partial charge in [0.15, 0.2) is 11.6 Å². The first-order valence-electron chi connectivity index (χ1n) is 8.75. The molecule has 4 rings (SSSR count). The molecule has 1 aliphatic rings. The Morgan fingerprint density at radius 2 is 1.84 bits per heavy atom. The van der Waals surface area contributed by atoms with Crippen LogP contribution in [0.5, 0.6) is 5.75 Å². The number of likely N-dealkylation sites (tertiary alicyclic amines) is 1. The summed E-state index contributed by atoms with van der Waals surface area (Å²) < 4.78 is 13.9. The normalized spacial score (nSPS) is 16.2.